The number of aryl methyl sites for hydroxylation is 2. The van der Waals surface area contributed by atoms with Crippen LogP contribution in [-0.4, -0.2) is 31.1 Å². The Morgan fingerprint density at radius 2 is 1.74 bits per heavy atom. The van der Waals surface area contributed by atoms with Gasteiger partial charge in [-0.15, -0.1) is 0 Å². The van der Waals surface area contributed by atoms with E-state index >= 15 is 0 Å². The second kappa shape index (κ2) is 12.0. The lowest BCUT2D eigenvalue weighted by Gasteiger charge is -2.27. The predicted molar refractivity (Wildman–Crippen MR) is 140 cm³/mol. The number of benzene rings is 2. The highest BCUT2D eigenvalue weighted by atomic mass is 79.9. The van der Waals surface area contributed by atoms with E-state index < -0.39 is 17.8 Å². The van der Waals surface area contributed by atoms with Gasteiger partial charge in [0, 0.05) is 0 Å². The number of urea groups is 1. The quantitative estimate of drug-likeness (QED) is 0.223. The third kappa shape index (κ3) is 6.31. The van der Waals surface area contributed by atoms with Crippen LogP contribution in [0, 0.1) is 13.8 Å². The van der Waals surface area contributed by atoms with Crippen LogP contribution in [-0.2, 0) is 9.59 Å². The minimum atomic E-state index is -0.775. The van der Waals surface area contributed by atoms with Gasteiger partial charge in [0.2, 0.25) is 0 Å². The first kappa shape index (κ1) is 26.5. The van der Waals surface area contributed by atoms with E-state index in [0.29, 0.717) is 40.4 Å². The molecule has 0 unspecified atom stereocenters. The molecule has 4 amide bonds. The smallest absolute Gasteiger partial charge is 0.335 e. The van der Waals surface area contributed by atoms with Gasteiger partial charge >= 0.3 is 6.03 Å². The van der Waals surface area contributed by atoms with Crippen LogP contribution in [0.3, 0.4) is 0 Å². The lowest BCUT2D eigenvalue weighted by molar-refractivity contribution is -0.122. The van der Waals surface area contributed by atoms with Crippen molar-refractivity contribution in [1.82, 2.24) is 5.32 Å². The van der Waals surface area contributed by atoms with Crippen LogP contribution in [0.25, 0.3) is 6.08 Å². The number of hydrogen-bond acceptors (Lipinski definition) is 5. The summed E-state index contributed by atoms with van der Waals surface area (Å²) in [6.07, 6.45) is 5.80. The Balaban J connectivity index is 1.92. The van der Waals surface area contributed by atoms with Crippen molar-refractivity contribution in [3.05, 3.63) is 57.1 Å². The largest absolute Gasteiger partial charge is 0.490 e. The van der Waals surface area contributed by atoms with Gasteiger partial charge in [-0.1, -0.05) is 32.3 Å². The van der Waals surface area contributed by atoms with Crippen LogP contribution in [0.4, 0.5) is 10.5 Å². The molecule has 0 atom stereocenters. The molecule has 2 aromatic carbocycles. The highest BCUT2D eigenvalue weighted by molar-refractivity contribution is 9.10. The van der Waals surface area contributed by atoms with E-state index in [1.165, 1.54) is 6.08 Å². The number of rotatable bonds is 10. The molecule has 1 fully saturated rings. The lowest BCUT2D eigenvalue weighted by atomic mass is 10.0. The Labute approximate surface area is 214 Å². The number of ether oxygens (including phenoxy) is 2. The van der Waals surface area contributed by atoms with Crippen molar-refractivity contribution in [2.75, 3.05) is 18.1 Å². The molecule has 0 aliphatic carbocycles. The summed E-state index contributed by atoms with van der Waals surface area (Å²) in [4.78, 5) is 39.3. The Morgan fingerprint density at radius 1 is 0.971 bits per heavy atom. The van der Waals surface area contributed by atoms with Crippen LogP contribution < -0.4 is 19.7 Å². The summed E-state index contributed by atoms with van der Waals surface area (Å²) >= 11 is 3.53. The van der Waals surface area contributed by atoms with E-state index in [1.54, 1.807) is 24.3 Å². The summed E-state index contributed by atoms with van der Waals surface area (Å²) in [5.41, 5.74) is 2.78. The fraction of sp³-hybridized carbons (Fsp3) is 0.370. The summed E-state index contributed by atoms with van der Waals surface area (Å²) in [5.74, 6) is -0.343. The van der Waals surface area contributed by atoms with E-state index in [0.717, 1.165) is 41.7 Å². The number of carbonyl (C=O) groups excluding carboxylic acids is 3. The number of anilines is 1. The van der Waals surface area contributed by atoms with Gasteiger partial charge in [-0.05, 0) is 90.2 Å². The summed E-state index contributed by atoms with van der Waals surface area (Å²) in [6, 6.07) is 7.97. The summed E-state index contributed by atoms with van der Waals surface area (Å²) in [7, 11) is 0. The molecule has 1 aliphatic heterocycles. The molecule has 0 spiro atoms. The van der Waals surface area contributed by atoms with E-state index in [2.05, 4.69) is 28.2 Å². The number of nitrogens with zero attached hydrogens (tertiary/aromatic N) is 1. The summed E-state index contributed by atoms with van der Waals surface area (Å²) < 4.78 is 12.4. The van der Waals surface area contributed by atoms with Crippen molar-refractivity contribution >= 4 is 45.5 Å². The fourth-order valence-corrected chi connectivity index (χ4v) is 4.27. The maximum absolute atomic E-state index is 13.2. The maximum atomic E-state index is 13.2. The third-order valence-corrected chi connectivity index (χ3v) is 6.33. The van der Waals surface area contributed by atoms with E-state index in [1.807, 2.05) is 26.8 Å². The first-order chi connectivity index (χ1) is 16.8. The van der Waals surface area contributed by atoms with Crippen LogP contribution in [0.2, 0.25) is 0 Å². The van der Waals surface area contributed by atoms with Crippen molar-refractivity contribution < 1.29 is 23.9 Å². The van der Waals surface area contributed by atoms with E-state index in [9.17, 15) is 14.4 Å². The average molecular weight is 543 g/mol. The Bertz CT molecular complexity index is 1160. The van der Waals surface area contributed by atoms with Gasteiger partial charge in [-0.3, -0.25) is 14.9 Å². The SMILES string of the molecule is CCCCCCOc1c(Br)cc(/C=C2/C(=O)NC(=O)N(c3ccc(C)c(C)c3)C2=O)cc1OCC. The highest BCUT2D eigenvalue weighted by Crippen LogP contribution is 2.38. The van der Waals surface area contributed by atoms with Crippen molar-refractivity contribution in [3.63, 3.8) is 0 Å². The zero-order valence-electron chi connectivity index (χ0n) is 20.6. The minimum absolute atomic E-state index is 0.148. The molecule has 2 aromatic rings. The molecule has 35 heavy (non-hydrogen) atoms. The lowest BCUT2D eigenvalue weighted by Crippen LogP contribution is -2.54. The monoisotopic (exact) mass is 542 g/mol. The second-order valence-electron chi connectivity index (χ2n) is 8.40. The molecule has 8 heteroatoms. The van der Waals surface area contributed by atoms with Gasteiger partial charge in [-0.25, -0.2) is 9.69 Å². The number of unbranched alkanes of at least 4 members (excludes halogenated alkanes) is 3. The predicted octanol–water partition coefficient (Wildman–Crippen LogP) is 6.09. The first-order valence-electron chi connectivity index (χ1n) is 11.8. The second-order valence-corrected chi connectivity index (χ2v) is 9.25. The number of nitrogens with one attached hydrogen (secondary N) is 1. The Morgan fingerprint density at radius 3 is 2.43 bits per heavy atom. The van der Waals surface area contributed by atoms with Crippen molar-refractivity contribution in [3.8, 4) is 11.5 Å². The minimum Gasteiger partial charge on any atom is -0.490 e. The number of hydrogen-bond donors (Lipinski definition) is 1. The summed E-state index contributed by atoms with van der Waals surface area (Å²) in [6.45, 7) is 8.85. The normalized spacial score (nSPS) is 14.9. The van der Waals surface area contributed by atoms with Crippen LogP contribution >= 0.6 is 15.9 Å². The zero-order valence-corrected chi connectivity index (χ0v) is 22.2. The van der Waals surface area contributed by atoms with Crippen molar-refractivity contribution in [2.24, 2.45) is 0 Å². The molecular formula is C27H31BrN2O5. The number of amides is 4. The molecule has 0 aromatic heterocycles. The van der Waals surface area contributed by atoms with Crippen LogP contribution in [0.1, 0.15) is 56.2 Å². The molecule has 1 heterocycles. The van der Waals surface area contributed by atoms with Crippen LogP contribution in [0.15, 0.2) is 40.4 Å². The molecule has 186 valence electrons. The van der Waals surface area contributed by atoms with Crippen molar-refractivity contribution in [1.29, 1.82) is 0 Å². The molecule has 7 nitrogen and oxygen atoms in total. The molecule has 0 bridgehead atoms. The molecule has 1 N–H and O–H groups in total. The molecule has 0 radical (unpaired) electrons. The zero-order chi connectivity index (χ0) is 25.5. The van der Waals surface area contributed by atoms with Crippen molar-refractivity contribution in [2.45, 2.75) is 53.4 Å². The summed E-state index contributed by atoms with van der Waals surface area (Å²) in [5, 5.41) is 2.26. The Hall–Kier alpha value is -3.13. The van der Waals surface area contributed by atoms with Gasteiger partial charge in [0.15, 0.2) is 11.5 Å². The standard InChI is InChI=1S/C27H31BrN2O5/c1-5-7-8-9-12-35-24-22(28)15-19(16-23(24)34-6-2)14-21-25(31)29-27(33)30(26(21)32)20-11-10-17(3)18(4)13-20/h10-11,13-16H,5-9,12H2,1-4H3,(H,29,31,33)/b21-14-. The van der Waals surface area contributed by atoms with E-state index in [-0.39, 0.29) is 5.57 Å². The third-order valence-electron chi connectivity index (χ3n) is 5.74. The highest BCUT2D eigenvalue weighted by Gasteiger charge is 2.37. The number of halogens is 1. The molecule has 0 saturated carbocycles. The van der Waals surface area contributed by atoms with Gasteiger partial charge < -0.3 is 9.47 Å². The molecule has 3 rings (SSSR count). The molecular weight excluding hydrogens is 512 g/mol. The van der Waals surface area contributed by atoms with Gasteiger partial charge in [0.25, 0.3) is 11.8 Å². The number of barbiturate groups is 1. The van der Waals surface area contributed by atoms with Gasteiger partial charge in [0.05, 0.1) is 23.4 Å². The first-order valence-corrected chi connectivity index (χ1v) is 12.6. The molecule has 1 saturated heterocycles. The van der Waals surface area contributed by atoms with E-state index in [4.69, 9.17) is 9.47 Å². The number of carbonyl (C=O) groups is 3. The maximum Gasteiger partial charge on any atom is 0.335 e. The topological polar surface area (TPSA) is 84.9 Å². The van der Waals surface area contributed by atoms with Crippen LogP contribution in [0.5, 0.6) is 11.5 Å². The molecule has 1 aliphatic rings. The van der Waals surface area contributed by atoms with Gasteiger partial charge in [-0.2, -0.15) is 0 Å². The Kier molecular flexibility index (Phi) is 9.09. The number of imide groups is 2. The van der Waals surface area contributed by atoms with Gasteiger partial charge in [0.1, 0.15) is 5.57 Å². The fourth-order valence-electron chi connectivity index (χ4n) is 3.70. The average Bonchev–Trinajstić information content (AvgIpc) is 2.80.